The number of halogens is 1. The van der Waals surface area contributed by atoms with Gasteiger partial charge in [0.25, 0.3) is 0 Å². The lowest BCUT2D eigenvalue weighted by Crippen LogP contribution is -2.08. The van der Waals surface area contributed by atoms with Crippen molar-refractivity contribution in [1.82, 2.24) is 0 Å². The lowest BCUT2D eigenvalue weighted by atomic mass is 10.1. The van der Waals surface area contributed by atoms with Gasteiger partial charge in [-0.15, -0.1) is 0 Å². The Morgan fingerprint density at radius 3 is 2.50 bits per heavy atom. The summed E-state index contributed by atoms with van der Waals surface area (Å²) in [6.45, 7) is 3.96. The zero-order valence-electron chi connectivity index (χ0n) is 11.5. The molecule has 0 aliphatic carbocycles. The first kappa shape index (κ1) is 14.4. The summed E-state index contributed by atoms with van der Waals surface area (Å²) in [6.07, 6.45) is 3.31. The SMILES string of the molecule is Cc1ccc(/C=C/C(=O)Nc2cc(Cl)ccc2C)cc1. The molecule has 1 amide bonds. The van der Waals surface area contributed by atoms with Crippen molar-refractivity contribution in [1.29, 1.82) is 0 Å². The van der Waals surface area contributed by atoms with Gasteiger partial charge >= 0.3 is 0 Å². The van der Waals surface area contributed by atoms with Crippen LogP contribution in [0.5, 0.6) is 0 Å². The Kier molecular flexibility index (Phi) is 4.59. The molecule has 0 bridgehead atoms. The maximum atomic E-state index is 11.9. The van der Waals surface area contributed by atoms with Crippen molar-refractivity contribution in [3.8, 4) is 0 Å². The van der Waals surface area contributed by atoms with Crippen molar-refractivity contribution in [2.24, 2.45) is 0 Å². The maximum Gasteiger partial charge on any atom is 0.248 e. The van der Waals surface area contributed by atoms with Gasteiger partial charge in [0, 0.05) is 16.8 Å². The van der Waals surface area contributed by atoms with Crippen LogP contribution in [0.25, 0.3) is 6.08 Å². The third kappa shape index (κ3) is 3.97. The Morgan fingerprint density at radius 1 is 1.10 bits per heavy atom. The van der Waals surface area contributed by atoms with Crippen molar-refractivity contribution in [3.05, 3.63) is 70.3 Å². The number of hydrogen-bond donors (Lipinski definition) is 1. The quantitative estimate of drug-likeness (QED) is 0.820. The van der Waals surface area contributed by atoms with Crippen molar-refractivity contribution in [3.63, 3.8) is 0 Å². The second-order valence-corrected chi connectivity index (χ2v) is 5.13. The highest BCUT2D eigenvalue weighted by atomic mass is 35.5. The zero-order chi connectivity index (χ0) is 14.5. The predicted octanol–water partition coefficient (Wildman–Crippen LogP) is 4.61. The molecule has 2 aromatic carbocycles. The molecule has 102 valence electrons. The van der Waals surface area contributed by atoms with E-state index in [0.717, 1.165) is 16.8 Å². The van der Waals surface area contributed by atoms with Crippen LogP contribution in [0.2, 0.25) is 5.02 Å². The summed E-state index contributed by atoms with van der Waals surface area (Å²) < 4.78 is 0. The second kappa shape index (κ2) is 6.40. The Bertz CT molecular complexity index is 645. The molecule has 0 radical (unpaired) electrons. The molecule has 2 nitrogen and oxygen atoms in total. The zero-order valence-corrected chi connectivity index (χ0v) is 12.2. The highest BCUT2D eigenvalue weighted by Gasteiger charge is 2.02. The third-order valence-electron chi connectivity index (χ3n) is 2.96. The van der Waals surface area contributed by atoms with Crippen molar-refractivity contribution in [2.75, 3.05) is 5.32 Å². The van der Waals surface area contributed by atoms with Crippen LogP contribution >= 0.6 is 11.6 Å². The van der Waals surface area contributed by atoms with Crippen LogP contribution in [0.15, 0.2) is 48.5 Å². The van der Waals surface area contributed by atoms with Crippen LogP contribution in [0.1, 0.15) is 16.7 Å². The second-order valence-electron chi connectivity index (χ2n) is 4.69. The first-order chi connectivity index (χ1) is 9.54. The fraction of sp³-hybridized carbons (Fsp3) is 0.118. The minimum atomic E-state index is -0.170. The van der Waals surface area contributed by atoms with Gasteiger partial charge in [-0.05, 0) is 43.2 Å². The summed E-state index contributed by atoms with van der Waals surface area (Å²) in [5, 5.41) is 3.43. The Balaban J connectivity index is 2.05. The molecule has 2 rings (SSSR count). The van der Waals surface area contributed by atoms with E-state index in [0.29, 0.717) is 5.02 Å². The molecule has 3 heteroatoms. The predicted molar refractivity (Wildman–Crippen MR) is 85.0 cm³/mol. The highest BCUT2D eigenvalue weighted by Crippen LogP contribution is 2.20. The smallest absolute Gasteiger partial charge is 0.248 e. The van der Waals surface area contributed by atoms with E-state index < -0.39 is 0 Å². The van der Waals surface area contributed by atoms with Gasteiger partial charge in [-0.3, -0.25) is 4.79 Å². The van der Waals surface area contributed by atoms with E-state index in [4.69, 9.17) is 11.6 Å². The van der Waals surface area contributed by atoms with E-state index in [2.05, 4.69) is 5.32 Å². The molecule has 2 aromatic rings. The van der Waals surface area contributed by atoms with Crippen molar-refractivity contribution < 1.29 is 4.79 Å². The minimum Gasteiger partial charge on any atom is -0.322 e. The Hall–Kier alpha value is -2.06. The van der Waals surface area contributed by atoms with E-state index in [1.807, 2.05) is 44.2 Å². The van der Waals surface area contributed by atoms with Gasteiger partial charge in [0.2, 0.25) is 5.91 Å². The normalized spacial score (nSPS) is 10.8. The monoisotopic (exact) mass is 285 g/mol. The summed E-state index contributed by atoms with van der Waals surface area (Å²) in [5.74, 6) is -0.170. The van der Waals surface area contributed by atoms with Crippen LogP contribution < -0.4 is 5.32 Å². The summed E-state index contributed by atoms with van der Waals surface area (Å²) in [5.41, 5.74) is 3.90. The fourth-order valence-corrected chi connectivity index (χ4v) is 1.92. The first-order valence-corrected chi connectivity index (χ1v) is 6.74. The molecule has 0 spiro atoms. The highest BCUT2D eigenvalue weighted by molar-refractivity contribution is 6.31. The summed E-state index contributed by atoms with van der Waals surface area (Å²) >= 11 is 5.92. The van der Waals surface area contributed by atoms with Crippen molar-refractivity contribution >= 4 is 29.3 Å². The van der Waals surface area contributed by atoms with Gasteiger partial charge in [0.05, 0.1) is 0 Å². The molecule has 1 N–H and O–H groups in total. The lowest BCUT2D eigenvalue weighted by Gasteiger charge is -2.06. The lowest BCUT2D eigenvalue weighted by molar-refractivity contribution is -0.111. The average Bonchev–Trinajstić information content (AvgIpc) is 2.42. The molecular weight excluding hydrogens is 270 g/mol. The number of carbonyl (C=O) groups excluding carboxylic acids is 1. The molecule has 0 heterocycles. The molecule has 0 fully saturated rings. The Labute approximate surface area is 124 Å². The van der Waals surface area contributed by atoms with Crippen LogP contribution in [0, 0.1) is 13.8 Å². The topological polar surface area (TPSA) is 29.1 Å². The number of benzene rings is 2. The van der Waals surface area contributed by atoms with E-state index >= 15 is 0 Å². The first-order valence-electron chi connectivity index (χ1n) is 6.36. The van der Waals surface area contributed by atoms with E-state index in [-0.39, 0.29) is 5.91 Å². The number of anilines is 1. The summed E-state index contributed by atoms with van der Waals surface area (Å²) in [7, 11) is 0. The fourth-order valence-electron chi connectivity index (χ4n) is 1.75. The van der Waals surface area contributed by atoms with E-state index in [1.54, 1.807) is 18.2 Å². The number of carbonyl (C=O) groups is 1. The number of aryl methyl sites for hydroxylation is 2. The van der Waals surface area contributed by atoms with Crippen LogP contribution in [-0.4, -0.2) is 5.91 Å². The largest absolute Gasteiger partial charge is 0.322 e. The Morgan fingerprint density at radius 2 is 1.80 bits per heavy atom. The van der Waals surface area contributed by atoms with Crippen LogP contribution in [0.3, 0.4) is 0 Å². The van der Waals surface area contributed by atoms with Gasteiger partial charge in [-0.2, -0.15) is 0 Å². The van der Waals surface area contributed by atoms with Crippen LogP contribution in [-0.2, 0) is 4.79 Å². The van der Waals surface area contributed by atoms with Gasteiger partial charge in [0.15, 0.2) is 0 Å². The molecule has 0 aromatic heterocycles. The van der Waals surface area contributed by atoms with Gasteiger partial charge in [0.1, 0.15) is 0 Å². The number of nitrogens with one attached hydrogen (secondary N) is 1. The summed E-state index contributed by atoms with van der Waals surface area (Å²) in [6, 6.07) is 13.4. The third-order valence-corrected chi connectivity index (χ3v) is 3.20. The molecule has 20 heavy (non-hydrogen) atoms. The molecule has 0 aliphatic rings. The number of hydrogen-bond acceptors (Lipinski definition) is 1. The minimum absolute atomic E-state index is 0.170. The van der Waals surface area contributed by atoms with E-state index in [9.17, 15) is 4.79 Å². The molecule has 0 saturated carbocycles. The molecular formula is C17H16ClNO. The van der Waals surface area contributed by atoms with Gasteiger partial charge in [-0.25, -0.2) is 0 Å². The van der Waals surface area contributed by atoms with Gasteiger partial charge < -0.3 is 5.32 Å². The maximum absolute atomic E-state index is 11.9. The standard InChI is InChI=1S/C17H16ClNO/c1-12-3-6-14(7-4-12)8-10-17(20)19-16-11-15(18)9-5-13(16)2/h3-11H,1-2H3,(H,19,20)/b10-8+. The molecule has 0 aliphatic heterocycles. The molecule has 0 unspecified atom stereocenters. The number of rotatable bonds is 3. The molecule has 0 atom stereocenters. The van der Waals surface area contributed by atoms with Crippen LogP contribution in [0.4, 0.5) is 5.69 Å². The summed E-state index contributed by atoms with van der Waals surface area (Å²) in [4.78, 5) is 11.9. The van der Waals surface area contributed by atoms with E-state index in [1.165, 1.54) is 11.6 Å². The average molecular weight is 286 g/mol. The number of amides is 1. The molecule has 0 saturated heterocycles. The van der Waals surface area contributed by atoms with Crippen molar-refractivity contribution in [2.45, 2.75) is 13.8 Å². The van der Waals surface area contributed by atoms with Gasteiger partial charge in [-0.1, -0.05) is 47.5 Å².